The van der Waals surface area contributed by atoms with E-state index >= 15 is 0 Å². The average molecular weight is 404 g/mol. The van der Waals surface area contributed by atoms with Gasteiger partial charge in [-0.25, -0.2) is 0 Å². The largest absolute Gasteiger partial charge is 0.493 e. The predicted octanol–water partition coefficient (Wildman–Crippen LogP) is 4.29. The maximum atomic E-state index is 12.6. The number of amides is 1. The molecule has 1 amide bonds. The average Bonchev–Trinajstić information content (AvgIpc) is 2.70. The van der Waals surface area contributed by atoms with Crippen molar-refractivity contribution >= 4 is 12.0 Å². The second-order valence-electron chi connectivity index (χ2n) is 6.08. The monoisotopic (exact) mass is 404 g/mol. The summed E-state index contributed by atoms with van der Waals surface area (Å²) in [4.78, 5) is 13.7. The lowest BCUT2D eigenvalue weighted by Crippen LogP contribution is -2.24. The first-order chi connectivity index (χ1) is 13.7. The summed E-state index contributed by atoms with van der Waals surface area (Å²) in [6, 6.07) is 11.5. The molecule has 29 heavy (non-hydrogen) atoms. The van der Waals surface area contributed by atoms with Crippen LogP contribution in [0.1, 0.15) is 16.7 Å². The SMILES string of the molecule is COc1cc(/C=C/C(=O)N(C)Cc2ccc(C(F)(F)F)cc2)ccc1OCC#N. The van der Waals surface area contributed by atoms with E-state index in [0.29, 0.717) is 22.6 Å². The van der Waals surface area contributed by atoms with Gasteiger partial charge in [-0.3, -0.25) is 4.79 Å². The second-order valence-corrected chi connectivity index (χ2v) is 6.08. The summed E-state index contributed by atoms with van der Waals surface area (Å²) >= 11 is 0. The Balaban J connectivity index is 2.01. The fraction of sp³-hybridized carbons (Fsp3) is 0.238. The summed E-state index contributed by atoms with van der Waals surface area (Å²) in [6.07, 6.45) is -1.45. The highest BCUT2D eigenvalue weighted by molar-refractivity contribution is 5.91. The molecule has 0 saturated carbocycles. The van der Waals surface area contributed by atoms with E-state index in [4.69, 9.17) is 14.7 Å². The number of hydrogen-bond acceptors (Lipinski definition) is 4. The van der Waals surface area contributed by atoms with E-state index in [-0.39, 0.29) is 19.1 Å². The molecule has 8 heteroatoms. The van der Waals surface area contributed by atoms with Crippen LogP contribution in [0.2, 0.25) is 0 Å². The zero-order chi connectivity index (χ0) is 21.4. The van der Waals surface area contributed by atoms with E-state index in [1.54, 1.807) is 31.3 Å². The summed E-state index contributed by atoms with van der Waals surface area (Å²) in [5.74, 6) is 0.526. The lowest BCUT2D eigenvalue weighted by atomic mass is 10.1. The van der Waals surface area contributed by atoms with Crippen LogP contribution >= 0.6 is 0 Å². The van der Waals surface area contributed by atoms with Crippen LogP contribution in [0.15, 0.2) is 48.5 Å². The van der Waals surface area contributed by atoms with Gasteiger partial charge >= 0.3 is 6.18 Å². The molecule has 0 aromatic heterocycles. The van der Waals surface area contributed by atoms with Gasteiger partial charge < -0.3 is 14.4 Å². The Morgan fingerprint density at radius 1 is 1.17 bits per heavy atom. The van der Waals surface area contributed by atoms with Crippen LogP contribution in [0.25, 0.3) is 6.08 Å². The van der Waals surface area contributed by atoms with Gasteiger partial charge in [-0.2, -0.15) is 18.4 Å². The Labute approximate surface area is 166 Å². The summed E-state index contributed by atoms with van der Waals surface area (Å²) in [6.45, 7) is 0.0599. The van der Waals surface area contributed by atoms with Crippen molar-refractivity contribution in [1.82, 2.24) is 4.90 Å². The number of carbonyl (C=O) groups is 1. The van der Waals surface area contributed by atoms with Crippen LogP contribution in [0.3, 0.4) is 0 Å². The van der Waals surface area contributed by atoms with Gasteiger partial charge in [0.1, 0.15) is 6.07 Å². The van der Waals surface area contributed by atoms with Crippen molar-refractivity contribution in [2.24, 2.45) is 0 Å². The highest BCUT2D eigenvalue weighted by atomic mass is 19.4. The van der Waals surface area contributed by atoms with Crippen LogP contribution in [-0.4, -0.2) is 31.6 Å². The van der Waals surface area contributed by atoms with E-state index < -0.39 is 11.7 Å². The normalized spacial score (nSPS) is 11.2. The third-order valence-corrected chi connectivity index (χ3v) is 3.98. The molecule has 5 nitrogen and oxygen atoms in total. The molecule has 2 aromatic carbocycles. The fourth-order valence-corrected chi connectivity index (χ4v) is 2.46. The first kappa shape index (κ1) is 21.8. The van der Waals surface area contributed by atoms with Crippen molar-refractivity contribution in [3.05, 3.63) is 65.2 Å². The van der Waals surface area contributed by atoms with Crippen molar-refractivity contribution < 1.29 is 27.4 Å². The number of halogens is 3. The lowest BCUT2D eigenvalue weighted by molar-refractivity contribution is -0.137. The van der Waals surface area contributed by atoms with Crippen LogP contribution < -0.4 is 9.47 Å². The van der Waals surface area contributed by atoms with E-state index in [1.807, 2.05) is 6.07 Å². The molecule has 0 unspecified atom stereocenters. The number of ether oxygens (including phenoxy) is 2. The third-order valence-electron chi connectivity index (χ3n) is 3.98. The van der Waals surface area contributed by atoms with Crippen molar-refractivity contribution in [3.63, 3.8) is 0 Å². The minimum atomic E-state index is -4.39. The van der Waals surface area contributed by atoms with Gasteiger partial charge in [0.2, 0.25) is 5.91 Å². The first-order valence-corrected chi connectivity index (χ1v) is 8.51. The number of nitriles is 1. The quantitative estimate of drug-likeness (QED) is 0.646. The highest BCUT2D eigenvalue weighted by Gasteiger charge is 2.29. The number of rotatable bonds is 7. The van der Waals surface area contributed by atoms with Gasteiger partial charge in [0.05, 0.1) is 12.7 Å². The van der Waals surface area contributed by atoms with Crippen molar-refractivity contribution in [1.29, 1.82) is 5.26 Å². The summed E-state index contributed by atoms with van der Waals surface area (Å²) in [5.41, 5.74) is 0.539. The molecule has 0 fully saturated rings. The van der Waals surface area contributed by atoms with Crippen LogP contribution in [0.4, 0.5) is 13.2 Å². The summed E-state index contributed by atoms with van der Waals surface area (Å²) < 4.78 is 48.3. The minimum Gasteiger partial charge on any atom is -0.493 e. The van der Waals surface area contributed by atoms with Gasteiger partial charge in [0, 0.05) is 19.7 Å². The molecule has 152 valence electrons. The third kappa shape index (κ3) is 6.28. The number of hydrogen-bond donors (Lipinski definition) is 0. The number of carbonyl (C=O) groups excluding carboxylic acids is 1. The molecule has 0 bridgehead atoms. The van der Waals surface area contributed by atoms with Crippen LogP contribution in [-0.2, 0) is 17.5 Å². The van der Waals surface area contributed by atoms with Crippen molar-refractivity contribution in [2.75, 3.05) is 20.8 Å². The van der Waals surface area contributed by atoms with Gasteiger partial charge in [0.15, 0.2) is 18.1 Å². The Hall–Kier alpha value is -3.47. The maximum absolute atomic E-state index is 12.6. The van der Waals surface area contributed by atoms with Crippen molar-refractivity contribution in [2.45, 2.75) is 12.7 Å². The van der Waals surface area contributed by atoms with E-state index in [2.05, 4.69) is 0 Å². The standard InChI is InChI=1S/C21H19F3N2O3/c1-26(14-16-3-7-17(8-4-16)21(22,23)24)20(27)10-6-15-5-9-18(29-12-11-25)19(13-15)28-2/h3-10,13H,12,14H2,1-2H3/b10-6+. The second kappa shape index (κ2) is 9.64. The Morgan fingerprint density at radius 2 is 1.86 bits per heavy atom. The molecule has 0 aliphatic heterocycles. The van der Waals surface area contributed by atoms with Gasteiger partial charge in [-0.1, -0.05) is 18.2 Å². The summed E-state index contributed by atoms with van der Waals surface area (Å²) in [7, 11) is 3.02. The molecule has 0 N–H and O–H groups in total. The number of nitrogens with zero attached hydrogens (tertiary/aromatic N) is 2. The van der Waals surface area contributed by atoms with E-state index in [9.17, 15) is 18.0 Å². The highest BCUT2D eigenvalue weighted by Crippen LogP contribution is 2.30. The molecule has 0 radical (unpaired) electrons. The number of alkyl halides is 3. The Kier molecular flexibility index (Phi) is 7.26. The van der Waals surface area contributed by atoms with Gasteiger partial charge in [0.25, 0.3) is 0 Å². The van der Waals surface area contributed by atoms with Crippen LogP contribution in [0.5, 0.6) is 11.5 Å². The summed E-state index contributed by atoms with van der Waals surface area (Å²) in [5, 5.41) is 8.58. The number of benzene rings is 2. The lowest BCUT2D eigenvalue weighted by Gasteiger charge is -2.16. The molecule has 2 rings (SSSR count). The fourth-order valence-electron chi connectivity index (χ4n) is 2.46. The molecule has 0 atom stereocenters. The number of methoxy groups -OCH3 is 1. The van der Waals surface area contributed by atoms with Crippen LogP contribution in [0, 0.1) is 11.3 Å². The topological polar surface area (TPSA) is 62.6 Å². The van der Waals surface area contributed by atoms with Gasteiger partial charge in [-0.15, -0.1) is 0 Å². The van der Waals surface area contributed by atoms with E-state index in [1.165, 1.54) is 30.2 Å². The van der Waals surface area contributed by atoms with Crippen molar-refractivity contribution in [3.8, 4) is 17.6 Å². The smallest absolute Gasteiger partial charge is 0.416 e. The number of likely N-dealkylation sites (N-methyl/N-ethyl adjacent to an activating group) is 1. The zero-order valence-corrected chi connectivity index (χ0v) is 15.9. The molecular formula is C21H19F3N2O3. The molecule has 0 spiro atoms. The minimum absolute atomic E-state index is 0.112. The predicted molar refractivity (Wildman–Crippen MR) is 101 cm³/mol. The molecule has 0 aliphatic carbocycles. The van der Waals surface area contributed by atoms with Gasteiger partial charge in [-0.05, 0) is 41.5 Å². The maximum Gasteiger partial charge on any atom is 0.416 e. The Bertz CT molecular complexity index is 916. The molecule has 0 heterocycles. The van der Waals surface area contributed by atoms with E-state index in [0.717, 1.165) is 12.1 Å². The zero-order valence-electron chi connectivity index (χ0n) is 15.9. The Morgan fingerprint density at radius 3 is 2.45 bits per heavy atom. The molecule has 0 saturated heterocycles. The molecule has 0 aliphatic rings. The molecular weight excluding hydrogens is 385 g/mol. The first-order valence-electron chi connectivity index (χ1n) is 8.51. The molecule has 2 aromatic rings.